The lowest BCUT2D eigenvalue weighted by Crippen LogP contribution is -2.42. The van der Waals surface area contributed by atoms with Gasteiger partial charge in [-0.1, -0.05) is 43.6 Å². The number of amides is 1. The van der Waals surface area contributed by atoms with Crippen LogP contribution in [0.1, 0.15) is 57.1 Å². The molecule has 37 heavy (non-hydrogen) atoms. The zero-order chi connectivity index (χ0) is 26.8. The molecule has 2 unspecified atom stereocenters. The Morgan fingerprint density at radius 3 is 2.57 bits per heavy atom. The smallest absolute Gasteiger partial charge is 0.336 e. The molecule has 1 amide bonds. The van der Waals surface area contributed by atoms with Gasteiger partial charge in [0.05, 0.1) is 24.1 Å². The number of benzene rings is 1. The molecule has 1 aromatic heterocycles. The highest BCUT2D eigenvalue weighted by Crippen LogP contribution is 2.37. The quantitative estimate of drug-likeness (QED) is 0.221. The van der Waals surface area contributed by atoms with Crippen molar-refractivity contribution in [2.75, 3.05) is 25.6 Å². The van der Waals surface area contributed by atoms with Crippen LogP contribution in [0.15, 0.2) is 53.9 Å². The number of rotatable bonds is 9. The normalized spacial score (nSPS) is 19.4. The van der Waals surface area contributed by atoms with E-state index in [4.69, 9.17) is 37.4 Å². The number of ether oxygens (including phenoxy) is 3. The molecular weight excluding hydrogens is 515 g/mol. The Bertz CT molecular complexity index is 1070. The van der Waals surface area contributed by atoms with Crippen LogP contribution in [0.5, 0.6) is 5.75 Å². The second-order valence-electron chi connectivity index (χ2n) is 8.57. The number of pyridine rings is 1. The first kappa shape index (κ1) is 29.0. The highest BCUT2D eigenvalue weighted by atomic mass is 35.5. The second kappa shape index (κ2) is 14.4. The van der Waals surface area contributed by atoms with Crippen LogP contribution >= 0.6 is 23.2 Å². The van der Waals surface area contributed by atoms with Gasteiger partial charge in [0.1, 0.15) is 24.1 Å². The van der Waals surface area contributed by atoms with Gasteiger partial charge in [0.2, 0.25) is 5.91 Å². The fourth-order valence-electron chi connectivity index (χ4n) is 4.44. The lowest BCUT2D eigenvalue weighted by molar-refractivity contribution is -0.141. The number of carbonyl (C=O) groups excluding carboxylic acids is 2. The number of nitrogens with zero attached hydrogens (tertiary/aromatic N) is 2. The average Bonchev–Trinajstić information content (AvgIpc) is 3.44. The first-order valence-electron chi connectivity index (χ1n) is 12.6. The molecule has 0 N–H and O–H groups in total. The zero-order valence-corrected chi connectivity index (χ0v) is 23.1. The third-order valence-electron chi connectivity index (χ3n) is 6.24. The molecular formula is C28H34Cl2N2O5. The van der Waals surface area contributed by atoms with E-state index in [2.05, 4.69) is 4.98 Å². The molecule has 4 rings (SSSR count). The third-order valence-corrected chi connectivity index (χ3v) is 6.62. The fourth-order valence-corrected chi connectivity index (χ4v) is 4.62. The van der Waals surface area contributed by atoms with Crippen molar-refractivity contribution in [1.82, 2.24) is 9.88 Å². The molecule has 2 atom stereocenters. The molecule has 1 fully saturated rings. The minimum atomic E-state index is -0.466. The average molecular weight is 549 g/mol. The number of carbonyl (C=O) groups is 2. The Kier molecular flexibility index (Phi) is 11.2. The van der Waals surface area contributed by atoms with E-state index in [1.165, 1.54) is 0 Å². The summed E-state index contributed by atoms with van der Waals surface area (Å²) in [6, 6.07) is 10.8. The molecule has 0 aliphatic carbocycles. The molecule has 2 aliphatic heterocycles. The molecule has 2 aromatic rings. The highest BCUT2D eigenvalue weighted by molar-refractivity contribution is 6.29. The third kappa shape index (κ3) is 7.69. The first-order valence-corrected chi connectivity index (χ1v) is 13.6. The summed E-state index contributed by atoms with van der Waals surface area (Å²) in [6.07, 6.45) is 3.59. The van der Waals surface area contributed by atoms with Crippen molar-refractivity contribution >= 4 is 35.1 Å². The number of allylic oxidation sites excluding steroid dienone is 1. The molecule has 9 heteroatoms. The van der Waals surface area contributed by atoms with Gasteiger partial charge in [-0.05, 0) is 49.1 Å². The van der Waals surface area contributed by atoms with E-state index < -0.39 is 11.9 Å². The van der Waals surface area contributed by atoms with E-state index in [1.54, 1.807) is 30.2 Å². The van der Waals surface area contributed by atoms with Gasteiger partial charge in [0.15, 0.2) is 0 Å². The molecule has 1 aromatic carbocycles. The summed E-state index contributed by atoms with van der Waals surface area (Å²) in [5, 5.41) is 0.346. The SMILES string of the molecule is CC.CC1=C(C(=O)OCc2ccc(OCCCl)cc2)C(c2ccc(Cl)nc2)CC(=O)N1CC1CCCO1. The van der Waals surface area contributed by atoms with Crippen molar-refractivity contribution in [3.8, 4) is 5.75 Å². The van der Waals surface area contributed by atoms with E-state index in [1.807, 2.05) is 38.1 Å². The van der Waals surface area contributed by atoms with Crippen LogP contribution in [-0.4, -0.2) is 53.5 Å². The number of hydrogen-bond acceptors (Lipinski definition) is 6. The summed E-state index contributed by atoms with van der Waals surface area (Å²) < 4.78 is 16.9. The van der Waals surface area contributed by atoms with Crippen molar-refractivity contribution in [2.24, 2.45) is 0 Å². The molecule has 7 nitrogen and oxygen atoms in total. The number of alkyl halides is 1. The standard InChI is InChI=1S/C26H28Cl2N2O5.C2H6/c1-17-25(26(32)35-16-18-4-7-20(8-5-18)34-12-10-27)22(19-6-9-23(28)29-14-19)13-24(31)30(17)15-21-3-2-11-33-21;1-2/h4-9,14,21-22H,2-3,10-13,15-16H2,1H3;1-2H3. The predicted molar refractivity (Wildman–Crippen MR) is 144 cm³/mol. The first-order chi connectivity index (χ1) is 18.0. The number of hydrogen-bond donors (Lipinski definition) is 0. The zero-order valence-electron chi connectivity index (χ0n) is 21.5. The Labute approximate surface area is 228 Å². The van der Waals surface area contributed by atoms with E-state index in [-0.39, 0.29) is 25.0 Å². The molecule has 2 aliphatic rings. The van der Waals surface area contributed by atoms with Crippen molar-refractivity contribution in [1.29, 1.82) is 0 Å². The van der Waals surface area contributed by atoms with Gasteiger partial charge in [-0.2, -0.15) is 0 Å². The maximum absolute atomic E-state index is 13.4. The Hall–Kier alpha value is -2.61. The summed E-state index contributed by atoms with van der Waals surface area (Å²) in [5.41, 5.74) is 2.61. The molecule has 0 bridgehead atoms. The summed E-state index contributed by atoms with van der Waals surface area (Å²) in [6.45, 7) is 7.43. The molecule has 0 radical (unpaired) electrons. The van der Waals surface area contributed by atoms with Crippen molar-refractivity contribution in [2.45, 2.75) is 58.7 Å². The maximum atomic E-state index is 13.4. The Balaban J connectivity index is 0.00000186. The largest absolute Gasteiger partial charge is 0.492 e. The topological polar surface area (TPSA) is 78.0 Å². The summed E-state index contributed by atoms with van der Waals surface area (Å²) >= 11 is 11.6. The number of esters is 1. The van der Waals surface area contributed by atoms with E-state index in [9.17, 15) is 9.59 Å². The summed E-state index contributed by atoms with van der Waals surface area (Å²) in [7, 11) is 0. The van der Waals surface area contributed by atoms with E-state index >= 15 is 0 Å². The fraction of sp³-hybridized carbons (Fsp3) is 0.464. The molecule has 200 valence electrons. The van der Waals surface area contributed by atoms with Crippen molar-refractivity contribution in [3.63, 3.8) is 0 Å². The van der Waals surface area contributed by atoms with Gasteiger partial charge < -0.3 is 19.1 Å². The molecule has 0 spiro atoms. The monoisotopic (exact) mass is 548 g/mol. The number of halogens is 2. The van der Waals surface area contributed by atoms with Gasteiger partial charge in [-0.3, -0.25) is 4.79 Å². The van der Waals surface area contributed by atoms with E-state index in [0.717, 1.165) is 24.0 Å². The molecule has 3 heterocycles. The van der Waals surface area contributed by atoms with Gasteiger partial charge in [0, 0.05) is 30.8 Å². The van der Waals surface area contributed by atoms with Gasteiger partial charge >= 0.3 is 5.97 Å². The van der Waals surface area contributed by atoms with Gasteiger partial charge in [-0.15, -0.1) is 11.6 Å². The van der Waals surface area contributed by atoms with E-state index in [0.29, 0.717) is 47.8 Å². The minimum Gasteiger partial charge on any atom is -0.492 e. The van der Waals surface area contributed by atoms with Crippen LogP contribution in [0.2, 0.25) is 5.15 Å². The van der Waals surface area contributed by atoms with Crippen molar-refractivity contribution in [3.05, 3.63) is 70.1 Å². The predicted octanol–water partition coefficient (Wildman–Crippen LogP) is 5.89. The minimum absolute atomic E-state index is 0.0283. The Morgan fingerprint density at radius 2 is 1.95 bits per heavy atom. The Morgan fingerprint density at radius 1 is 1.19 bits per heavy atom. The van der Waals surface area contributed by atoms with Crippen LogP contribution in [-0.2, 0) is 25.7 Å². The van der Waals surface area contributed by atoms with Crippen LogP contribution < -0.4 is 4.74 Å². The second-order valence-corrected chi connectivity index (χ2v) is 9.33. The van der Waals surface area contributed by atoms with Gasteiger partial charge in [0.25, 0.3) is 0 Å². The molecule has 1 saturated heterocycles. The lowest BCUT2D eigenvalue weighted by atomic mass is 9.84. The lowest BCUT2D eigenvalue weighted by Gasteiger charge is -2.35. The van der Waals surface area contributed by atoms with Crippen LogP contribution in [0.25, 0.3) is 0 Å². The van der Waals surface area contributed by atoms with Crippen LogP contribution in [0, 0.1) is 0 Å². The summed E-state index contributed by atoms with van der Waals surface area (Å²) in [5.74, 6) is 0.124. The summed E-state index contributed by atoms with van der Waals surface area (Å²) in [4.78, 5) is 32.3. The van der Waals surface area contributed by atoms with Crippen LogP contribution in [0.4, 0.5) is 0 Å². The number of aromatic nitrogens is 1. The van der Waals surface area contributed by atoms with Crippen LogP contribution in [0.3, 0.4) is 0 Å². The van der Waals surface area contributed by atoms with Crippen molar-refractivity contribution < 1.29 is 23.8 Å². The maximum Gasteiger partial charge on any atom is 0.336 e. The highest BCUT2D eigenvalue weighted by Gasteiger charge is 2.38. The van der Waals surface area contributed by atoms with Gasteiger partial charge in [-0.25, -0.2) is 9.78 Å². The molecule has 0 saturated carbocycles.